The highest BCUT2D eigenvalue weighted by Crippen LogP contribution is 2.38. The van der Waals surface area contributed by atoms with Crippen LogP contribution in [0, 0.1) is 0 Å². The number of rotatable bonds is 7. The number of para-hydroxylation sites is 1. The van der Waals surface area contributed by atoms with Crippen LogP contribution >= 0.6 is 35.0 Å². The molecule has 0 bridgehead atoms. The number of halogens is 2. The second-order valence-electron chi connectivity index (χ2n) is 5.99. The Morgan fingerprint density at radius 1 is 1.17 bits per heavy atom. The highest BCUT2D eigenvalue weighted by Gasteiger charge is 2.35. The van der Waals surface area contributed by atoms with Gasteiger partial charge in [0.2, 0.25) is 0 Å². The third-order valence-corrected chi connectivity index (χ3v) is 5.71. The van der Waals surface area contributed by atoms with Gasteiger partial charge in [-0.3, -0.25) is 14.5 Å². The van der Waals surface area contributed by atoms with Gasteiger partial charge in [-0.15, -0.1) is 0 Å². The van der Waals surface area contributed by atoms with E-state index >= 15 is 0 Å². The predicted molar refractivity (Wildman–Crippen MR) is 117 cm³/mol. The summed E-state index contributed by atoms with van der Waals surface area (Å²) in [6.45, 7) is 4.02. The van der Waals surface area contributed by atoms with Crippen LogP contribution in [0.5, 0.6) is 11.5 Å². The quantitative estimate of drug-likeness (QED) is 0.394. The summed E-state index contributed by atoms with van der Waals surface area (Å²) in [6, 6.07) is 10.3. The number of nitrogens with zero attached hydrogens (tertiary/aromatic N) is 1. The Kier molecular flexibility index (Phi) is 6.90. The smallest absolute Gasteiger partial charge is 0.293 e. The van der Waals surface area contributed by atoms with Crippen molar-refractivity contribution in [3.63, 3.8) is 0 Å². The van der Waals surface area contributed by atoms with E-state index in [1.807, 2.05) is 0 Å². The number of hydrogen-bond donors (Lipinski definition) is 0. The number of carbonyl (C=O) groups excluding carboxylic acids is 2. The van der Waals surface area contributed by atoms with Crippen LogP contribution in [-0.2, 0) is 11.3 Å². The lowest BCUT2D eigenvalue weighted by Crippen LogP contribution is -2.27. The minimum atomic E-state index is -0.386. The Labute approximate surface area is 182 Å². The van der Waals surface area contributed by atoms with Crippen molar-refractivity contribution in [1.82, 2.24) is 4.90 Å². The van der Waals surface area contributed by atoms with Crippen LogP contribution in [0.4, 0.5) is 4.79 Å². The lowest BCUT2D eigenvalue weighted by molar-refractivity contribution is -0.123. The van der Waals surface area contributed by atoms with Crippen molar-refractivity contribution >= 4 is 52.2 Å². The maximum Gasteiger partial charge on any atom is 0.293 e. The van der Waals surface area contributed by atoms with E-state index in [-0.39, 0.29) is 24.3 Å². The van der Waals surface area contributed by atoms with Crippen LogP contribution in [0.15, 0.2) is 54.0 Å². The second-order valence-corrected chi connectivity index (χ2v) is 7.80. The molecule has 5 nitrogen and oxygen atoms in total. The number of imide groups is 1. The van der Waals surface area contributed by atoms with Crippen LogP contribution in [0.2, 0.25) is 10.0 Å². The van der Waals surface area contributed by atoms with Crippen LogP contribution < -0.4 is 9.47 Å². The first-order valence-electron chi connectivity index (χ1n) is 8.54. The minimum absolute atomic E-state index is 0.108. The number of methoxy groups -OCH3 is 1. The first kappa shape index (κ1) is 21.3. The van der Waals surface area contributed by atoms with Crippen molar-refractivity contribution in [2.24, 2.45) is 0 Å². The molecule has 1 saturated heterocycles. The summed E-state index contributed by atoms with van der Waals surface area (Å²) in [5.41, 5.74) is 1.34. The highest BCUT2D eigenvalue weighted by molar-refractivity contribution is 8.18. The molecule has 0 aliphatic carbocycles. The van der Waals surface area contributed by atoms with E-state index in [1.54, 1.807) is 48.6 Å². The van der Waals surface area contributed by atoms with E-state index in [0.29, 0.717) is 37.6 Å². The fraction of sp³-hybridized carbons (Fsp3) is 0.143. The summed E-state index contributed by atoms with van der Waals surface area (Å²) < 4.78 is 11.0. The molecule has 2 amide bonds. The molecule has 1 fully saturated rings. The molecule has 0 saturated carbocycles. The summed E-state index contributed by atoms with van der Waals surface area (Å²) in [4.78, 5) is 26.7. The third-order valence-electron chi connectivity index (χ3n) is 4.06. The number of thioether (sulfide) groups is 1. The van der Waals surface area contributed by atoms with Gasteiger partial charge in [0.25, 0.3) is 11.1 Å². The molecule has 0 N–H and O–H groups in total. The zero-order valence-electron chi connectivity index (χ0n) is 15.5. The van der Waals surface area contributed by atoms with Crippen LogP contribution in [0.25, 0.3) is 6.08 Å². The van der Waals surface area contributed by atoms with Gasteiger partial charge in [0.15, 0.2) is 11.5 Å². The van der Waals surface area contributed by atoms with Gasteiger partial charge in [-0.1, -0.05) is 54.1 Å². The van der Waals surface area contributed by atoms with Crippen molar-refractivity contribution in [3.05, 3.63) is 75.1 Å². The van der Waals surface area contributed by atoms with Gasteiger partial charge in [-0.2, -0.15) is 0 Å². The van der Waals surface area contributed by atoms with Gasteiger partial charge in [-0.25, -0.2) is 0 Å². The molecule has 2 aromatic rings. The molecule has 0 spiro atoms. The Hall–Kier alpha value is -2.41. The highest BCUT2D eigenvalue weighted by atomic mass is 35.5. The van der Waals surface area contributed by atoms with Crippen LogP contribution in [0.1, 0.15) is 11.1 Å². The standard InChI is InChI=1S/C21H17Cl2NO4S/c1-3-9-28-19-14(5-4-6-17(19)27-2)11-18-20(25)24(21(26)29-18)12-13-7-8-15(22)16(23)10-13/h3-8,10-11H,1,9,12H2,2H3/b18-11-. The van der Waals surface area contributed by atoms with E-state index in [2.05, 4.69) is 6.58 Å². The molecule has 0 atom stereocenters. The minimum Gasteiger partial charge on any atom is -0.493 e. The topological polar surface area (TPSA) is 55.8 Å². The number of carbonyl (C=O) groups is 2. The number of ether oxygens (including phenoxy) is 2. The third kappa shape index (κ3) is 4.78. The fourth-order valence-electron chi connectivity index (χ4n) is 2.70. The summed E-state index contributed by atoms with van der Waals surface area (Å²) in [7, 11) is 1.53. The molecule has 1 heterocycles. The van der Waals surface area contributed by atoms with E-state index in [0.717, 1.165) is 11.8 Å². The van der Waals surface area contributed by atoms with Gasteiger partial charge in [0.1, 0.15) is 6.61 Å². The van der Waals surface area contributed by atoms with Gasteiger partial charge in [-0.05, 0) is 41.6 Å². The molecular weight excluding hydrogens is 433 g/mol. The molecular formula is C21H17Cl2NO4S. The SMILES string of the molecule is C=CCOc1c(/C=C2\SC(=O)N(Cc3ccc(Cl)c(Cl)c3)C2=O)cccc1OC. The second kappa shape index (κ2) is 9.39. The van der Waals surface area contributed by atoms with Crippen LogP contribution in [-0.4, -0.2) is 29.8 Å². The first-order valence-corrected chi connectivity index (χ1v) is 10.1. The molecule has 0 aromatic heterocycles. The maximum absolute atomic E-state index is 12.8. The van der Waals surface area contributed by atoms with E-state index in [1.165, 1.54) is 12.0 Å². The van der Waals surface area contributed by atoms with E-state index < -0.39 is 0 Å². The average Bonchev–Trinajstić information content (AvgIpc) is 2.97. The summed E-state index contributed by atoms with van der Waals surface area (Å²) in [5.74, 6) is 0.616. The zero-order chi connectivity index (χ0) is 21.0. The van der Waals surface area contributed by atoms with Gasteiger partial charge in [0.05, 0.1) is 28.6 Å². The lowest BCUT2D eigenvalue weighted by Gasteiger charge is -2.13. The Morgan fingerprint density at radius 3 is 2.66 bits per heavy atom. The number of amides is 2. The van der Waals surface area contributed by atoms with Crippen molar-refractivity contribution in [3.8, 4) is 11.5 Å². The first-order chi connectivity index (χ1) is 13.9. The fourth-order valence-corrected chi connectivity index (χ4v) is 3.85. The molecule has 8 heteroatoms. The Morgan fingerprint density at radius 2 is 1.97 bits per heavy atom. The molecule has 2 aromatic carbocycles. The largest absolute Gasteiger partial charge is 0.493 e. The van der Waals surface area contributed by atoms with Crippen molar-refractivity contribution in [1.29, 1.82) is 0 Å². The molecule has 0 unspecified atom stereocenters. The van der Waals surface area contributed by atoms with Gasteiger partial charge in [0, 0.05) is 5.56 Å². The Bertz CT molecular complexity index is 1010. The number of benzene rings is 2. The van der Waals surface area contributed by atoms with Crippen molar-refractivity contribution in [2.75, 3.05) is 13.7 Å². The lowest BCUT2D eigenvalue weighted by atomic mass is 10.1. The predicted octanol–water partition coefficient (Wildman–Crippen LogP) is 5.80. The molecule has 1 aliphatic heterocycles. The molecule has 29 heavy (non-hydrogen) atoms. The van der Waals surface area contributed by atoms with E-state index in [4.69, 9.17) is 32.7 Å². The van der Waals surface area contributed by atoms with Gasteiger partial charge < -0.3 is 9.47 Å². The zero-order valence-corrected chi connectivity index (χ0v) is 17.8. The maximum atomic E-state index is 12.8. The number of hydrogen-bond acceptors (Lipinski definition) is 5. The van der Waals surface area contributed by atoms with Gasteiger partial charge >= 0.3 is 0 Å². The summed E-state index contributed by atoms with van der Waals surface area (Å²) in [6.07, 6.45) is 3.24. The molecule has 0 radical (unpaired) electrons. The van der Waals surface area contributed by atoms with Crippen molar-refractivity contribution < 1.29 is 19.1 Å². The Balaban J connectivity index is 1.88. The molecule has 1 aliphatic rings. The average molecular weight is 450 g/mol. The normalized spacial score (nSPS) is 15.1. The summed E-state index contributed by atoms with van der Waals surface area (Å²) >= 11 is 12.8. The molecule has 3 rings (SSSR count). The summed E-state index contributed by atoms with van der Waals surface area (Å²) in [5, 5.41) is 0.422. The monoisotopic (exact) mass is 449 g/mol. The molecule has 150 valence electrons. The van der Waals surface area contributed by atoms with Crippen LogP contribution in [0.3, 0.4) is 0 Å². The van der Waals surface area contributed by atoms with E-state index in [9.17, 15) is 9.59 Å². The van der Waals surface area contributed by atoms with Crippen molar-refractivity contribution in [2.45, 2.75) is 6.54 Å².